The molecule has 11 heavy (non-hydrogen) atoms. The van der Waals surface area contributed by atoms with Crippen molar-refractivity contribution in [2.24, 2.45) is 23.0 Å². The van der Waals surface area contributed by atoms with E-state index in [1.165, 1.54) is 32.1 Å². The zero-order valence-electron chi connectivity index (χ0n) is 7.47. The maximum absolute atomic E-state index is 5.87. The molecule has 2 N–H and O–H groups in total. The largest absolute Gasteiger partial charge is 0.330 e. The van der Waals surface area contributed by atoms with Gasteiger partial charge < -0.3 is 5.73 Å². The van der Waals surface area contributed by atoms with Crippen molar-refractivity contribution >= 4 is 0 Å². The number of rotatable bonds is 2. The summed E-state index contributed by atoms with van der Waals surface area (Å²) in [6.45, 7) is 3.32. The van der Waals surface area contributed by atoms with E-state index in [2.05, 4.69) is 6.92 Å². The van der Waals surface area contributed by atoms with Gasteiger partial charge >= 0.3 is 0 Å². The van der Waals surface area contributed by atoms with Crippen molar-refractivity contribution in [1.82, 2.24) is 0 Å². The van der Waals surface area contributed by atoms with Gasteiger partial charge in [0.15, 0.2) is 0 Å². The van der Waals surface area contributed by atoms with Gasteiger partial charge in [-0.3, -0.25) is 0 Å². The predicted octanol–water partition coefficient (Wildman–Crippen LogP) is 2.16. The molecule has 2 aliphatic carbocycles. The van der Waals surface area contributed by atoms with E-state index < -0.39 is 0 Å². The van der Waals surface area contributed by atoms with Gasteiger partial charge in [-0.15, -0.1) is 0 Å². The summed E-state index contributed by atoms with van der Waals surface area (Å²) in [6.07, 6.45) is 7.15. The molecule has 0 heterocycles. The molecule has 0 radical (unpaired) electrons. The summed E-state index contributed by atoms with van der Waals surface area (Å²) in [7, 11) is 0. The van der Waals surface area contributed by atoms with Gasteiger partial charge in [0.2, 0.25) is 0 Å². The summed E-state index contributed by atoms with van der Waals surface area (Å²) >= 11 is 0. The summed E-state index contributed by atoms with van der Waals surface area (Å²) in [5, 5.41) is 0. The molecular weight excluding hydrogens is 134 g/mol. The van der Waals surface area contributed by atoms with Crippen molar-refractivity contribution in [3.8, 4) is 0 Å². The van der Waals surface area contributed by atoms with Crippen LogP contribution in [0.1, 0.15) is 39.0 Å². The first-order chi connectivity index (χ1) is 5.28. The van der Waals surface area contributed by atoms with Crippen LogP contribution >= 0.6 is 0 Å². The number of nitrogens with two attached hydrogens (primary N) is 1. The highest BCUT2D eigenvalue weighted by Crippen LogP contribution is 2.57. The second kappa shape index (κ2) is 2.48. The predicted molar refractivity (Wildman–Crippen MR) is 47.2 cm³/mol. The Morgan fingerprint density at radius 2 is 1.91 bits per heavy atom. The topological polar surface area (TPSA) is 26.0 Å². The SMILES string of the molecule is CC1CC1C1(CN)CCCC1. The molecule has 1 heteroatoms. The van der Waals surface area contributed by atoms with Crippen LogP contribution < -0.4 is 5.73 Å². The highest BCUT2D eigenvalue weighted by molar-refractivity contribution is 5.01. The first-order valence-corrected chi connectivity index (χ1v) is 4.98. The lowest BCUT2D eigenvalue weighted by molar-refractivity contribution is 0.247. The average Bonchev–Trinajstić information content (AvgIpc) is 2.61. The number of hydrogen-bond donors (Lipinski definition) is 1. The van der Waals surface area contributed by atoms with Gasteiger partial charge in [-0.05, 0) is 43.1 Å². The lowest BCUT2D eigenvalue weighted by Crippen LogP contribution is -2.30. The third kappa shape index (κ3) is 1.10. The summed E-state index contributed by atoms with van der Waals surface area (Å²) in [5.74, 6) is 1.98. The molecule has 2 aliphatic rings. The first kappa shape index (κ1) is 7.60. The third-order valence-electron chi connectivity index (χ3n) is 3.90. The molecule has 64 valence electrons. The van der Waals surface area contributed by atoms with Crippen LogP contribution in [0, 0.1) is 17.3 Å². The molecule has 0 aromatic carbocycles. The second-order valence-corrected chi connectivity index (χ2v) is 4.59. The highest BCUT2D eigenvalue weighted by atomic mass is 14.7. The minimum Gasteiger partial charge on any atom is -0.330 e. The van der Waals surface area contributed by atoms with E-state index in [0.29, 0.717) is 5.41 Å². The minimum atomic E-state index is 0.597. The molecular formula is C10H19N. The van der Waals surface area contributed by atoms with Crippen LogP contribution in [0.5, 0.6) is 0 Å². The molecule has 2 unspecified atom stereocenters. The van der Waals surface area contributed by atoms with Crippen molar-refractivity contribution in [3.05, 3.63) is 0 Å². The van der Waals surface area contributed by atoms with Gasteiger partial charge in [-0.1, -0.05) is 19.8 Å². The van der Waals surface area contributed by atoms with Crippen molar-refractivity contribution in [2.45, 2.75) is 39.0 Å². The highest BCUT2D eigenvalue weighted by Gasteiger charge is 2.50. The van der Waals surface area contributed by atoms with Gasteiger partial charge in [0.1, 0.15) is 0 Å². The molecule has 2 atom stereocenters. The van der Waals surface area contributed by atoms with Gasteiger partial charge in [-0.25, -0.2) is 0 Å². The molecule has 1 nitrogen and oxygen atoms in total. The summed E-state index contributed by atoms with van der Waals surface area (Å²) in [4.78, 5) is 0. The van der Waals surface area contributed by atoms with Gasteiger partial charge in [0, 0.05) is 0 Å². The van der Waals surface area contributed by atoms with E-state index in [1.807, 2.05) is 0 Å². The smallest absolute Gasteiger partial charge is 0.00178 e. The lowest BCUT2D eigenvalue weighted by atomic mass is 9.80. The molecule has 0 aliphatic heterocycles. The summed E-state index contributed by atoms with van der Waals surface area (Å²) in [6, 6.07) is 0. The molecule has 0 amide bonds. The van der Waals surface area contributed by atoms with Gasteiger partial charge in [-0.2, -0.15) is 0 Å². The lowest BCUT2D eigenvalue weighted by Gasteiger charge is -2.27. The fourth-order valence-corrected chi connectivity index (χ4v) is 2.98. The average molecular weight is 153 g/mol. The van der Waals surface area contributed by atoms with E-state index in [9.17, 15) is 0 Å². The Morgan fingerprint density at radius 3 is 2.27 bits per heavy atom. The van der Waals surface area contributed by atoms with E-state index in [1.54, 1.807) is 0 Å². The fourth-order valence-electron chi connectivity index (χ4n) is 2.98. The third-order valence-corrected chi connectivity index (χ3v) is 3.90. The Labute approximate surface area is 69.4 Å². The second-order valence-electron chi connectivity index (χ2n) is 4.59. The van der Waals surface area contributed by atoms with Crippen LogP contribution in [0.15, 0.2) is 0 Å². The molecule has 0 bridgehead atoms. The Morgan fingerprint density at radius 1 is 1.36 bits per heavy atom. The zero-order chi connectivity index (χ0) is 7.90. The maximum atomic E-state index is 5.87. The van der Waals surface area contributed by atoms with Crippen LogP contribution in [0.2, 0.25) is 0 Å². The first-order valence-electron chi connectivity index (χ1n) is 4.98. The van der Waals surface area contributed by atoms with Gasteiger partial charge in [0.05, 0.1) is 0 Å². The number of hydrogen-bond acceptors (Lipinski definition) is 1. The minimum absolute atomic E-state index is 0.597. The van der Waals surface area contributed by atoms with E-state index in [4.69, 9.17) is 5.73 Å². The van der Waals surface area contributed by atoms with Crippen molar-refractivity contribution < 1.29 is 0 Å². The molecule has 0 saturated heterocycles. The van der Waals surface area contributed by atoms with Crippen molar-refractivity contribution in [3.63, 3.8) is 0 Å². The summed E-state index contributed by atoms with van der Waals surface area (Å²) in [5.41, 5.74) is 6.47. The standard InChI is InChI=1S/C10H19N/c1-8-6-9(8)10(7-11)4-2-3-5-10/h8-9H,2-7,11H2,1H3. The van der Waals surface area contributed by atoms with Crippen molar-refractivity contribution in [1.29, 1.82) is 0 Å². The van der Waals surface area contributed by atoms with E-state index >= 15 is 0 Å². The van der Waals surface area contributed by atoms with Crippen LogP contribution in [0.4, 0.5) is 0 Å². The molecule has 0 aromatic rings. The molecule has 2 rings (SSSR count). The fraction of sp³-hybridized carbons (Fsp3) is 1.00. The van der Waals surface area contributed by atoms with Crippen LogP contribution in [0.3, 0.4) is 0 Å². The Kier molecular flexibility index (Phi) is 1.71. The normalized spacial score (nSPS) is 40.9. The van der Waals surface area contributed by atoms with Crippen LogP contribution in [0.25, 0.3) is 0 Å². The van der Waals surface area contributed by atoms with Crippen LogP contribution in [-0.2, 0) is 0 Å². The Hall–Kier alpha value is -0.0400. The Bertz CT molecular complexity index is 147. The molecule has 0 spiro atoms. The van der Waals surface area contributed by atoms with Crippen molar-refractivity contribution in [2.75, 3.05) is 6.54 Å². The van der Waals surface area contributed by atoms with E-state index in [0.717, 1.165) is 18.4 Å². The van der Waals surface area contributed by atoms with Crippen LogP contribution in [-0.4, -0.2) is 6.54 Å². The Balaban J connectivity index is 2.04. The molecule has 0 aromatic heterocycles. The quantitative estimate of drug-likeness (QED) is 0.646. The molecule has 2 fully saturated rings. The maximum Gasteiger partial charge on any atom is -0.00178 e. The van der Waals surface area contributed by atoms with E-state index in [-0.39, 0.29) is 0 Å². The zero-order valence-corrected chi connectivity index (χ0v) is 7.47. The van der Waals surface area contributed by atoms with Gasteiger partial charge in [0.25, 0.3) is 0 Å². The monoisotopic (exact) mass is 153 g/mol. The molecule has 2 saturated carbocycles. The summed E-state index contributed by atoms with van der Waals surface area (Å²) < 4.78 is 0.